The lowest BCUT2D eigenvalue weighted by Crippen LogP contribution is -2.30. The van der Waals surface area contributed by atoms with Gasteiger partial charge in [0.05, 0.1) is 11.9 Å². The van der Waals surface area contributed by atoms with Crippen LogP contribution < -0.4 is 10.6 Å². The first-order valence-electron chi connectivity index (χ1n) is 7.27. The summed E-state index contributed by atoms with van der Waals surface area (Å²) in [6.45, 7) is 4.43. The maximum Gasteiger partial charge on any atom is 0.254 e. The Balaban J connectivity index is 1.95. The highest BCUT2D eigenvalue weighted by molar-refractivity contribution is 5.97. The molecule has 0 aliphatic heterocycles. The number of hydrogen-bond acceptors (Lipinski definition) is 3. The van der Waals surface area contributed by atoms with Crippen molar-refractivity contribution < 1.29 is 14.0 Å². The number of amides is 2. The van der Waals surface area contributed by atoms with Crippen LogP contribution in [0.1, 0.15) is 24.2 Å². The fraction of sp³-hybridized carbons (Fsp3) is 0.312. The van der Waals surface area contributed by atoms with Gasteiger partial charge in [-0.25, -0.2) is 9.37 Å². The molecule has 122 valence electrons. The van der Waals surface area contributed by atoms with E-state index < -0.39 is 11.7 Å². The lowest BCUT2D eigenvalue weighted by Gasteiger charge is -2.14. The predicted molar refractivity (Wildman–Crippen MR) is 84.4 cm³/mol. The van der Waals surface area contributed by atoms with Crippen molar-refractivity contribution in [2.75, 3.05) is 11.9 Å². The molecule has 23 heavy (non-hydrogen) atoms. The van der Waals surface area contributed by atoms with Gasteiger partial charge in [0.15, 0.2) is 0 Å². The molecule has 2 rings (SSSR count). The number of imidazole rings is 1. The van der Waals surface area contributed by atoms with E-state index in [-0.39, 0.29) is 17.4 Å². The highest BCUT2D eigenvalue weighted by Crippen LogP contribution is 2.15. The highest BCUT2D eigenvalue weighted by Gasteiger charge is 2.14. The molecule has 0 radical (unpaired) electrons. The average molecular weight is 318 g/mol. The quantitative estimate of drug-likeness (QED) is 0.856. The Kier molecular flexibility index (Phi) is 5.46. The smallest absolute Gasteiger partial charge is 0.254 e. The minimum absolute atomic E-state index is 0.0916. The Morgan fingerprint density at radius 1 is 1.39 bits per heavy atom. The van der Waals surface area contributed by atoms with Crippen LogP contribution in [0.25, 0.3) is 0 Å². The molecule has 1 aromatic heterocycles. The summed E-state index contributed by atoms with van der Waals surface area (Å²) >= 11 is 0. The third-order valence-corrected chi connectivity index (χ3v) is 3.22. The predicted octanol–water partition coefficient (Wildman–Crippen LogP) is 2.05. The molecule has 0 saturated heterocycles. The van der Waals surface area contributed by atoms with Crippen molar-refractivity contribution in [2.45, 2.75) is 20.4 Å². The number of benzene rings is 1. The average Bonchev–Trinajstić information content (AvgIpc) is 2.99. The summed E-state index contributed by atoms with van der Waals surface area (Å²) in [5, 5.41) is 5.23. The minimum Gasteiger partial charge on any atom is -0.352 e. The van der Waals surface area contributed by atoms with Crippen LogP contribution in [0.2, 0.25) is 0 Å². The van der Waals surface area contributed by atoms with Crippen LogP contribution in [0, 0.1) is 11.7 Å². The summed E-state index contributed by atoms with van der Waals surface area (Å²) in [5.41, 5.74) is 0.293. The second kappa shape index (κ2) is 7.53. The summed E-state index contributed by atoms with van der Waals surface area (Å²) in [4.78, 5) is 27.1. The number of hydrogen-bond donors (Lipinski definition) is 2. The molecule has 0 bridgehead atoms. The van der Waals surface area contributed by atoms with Crippen LogP contribution in [0.3, 0.4) is 0 Å². The van der Waals surface area contributed by atoms with Crippen molar-refractivity contribution in [3.8, 4) is 0 Å². The van der Waals surface area contributed by atoms with E-state index >= 15 is 0 Å². The molecular weight excluding hydrogens is 299 g/mol. The van der Waals surface area contributed by atoms with Crippen molar-refractivity contribution in [3.63, 3.8) is 0 Å². The SMILES string of the molecule is CC(=O)Nc1ccc(F)c(C(=O)NCC(C)Cn2ccnc2)c1. The van der Waals surface area contributed by atoms with Crippen LogP contribution in [0.4, 0.5) is 10.1 Å². The van der Waals surface area contributed by atoms with E-state index in [0.717, 1.165) is 6.07 Å². The topological polar surface area (TPSA) is 76.0 Å². The molecule has 1 aromatic carbocycles. The van der Waals surface area contributed by atoms with Crippen molar-refractivity contribution in [2.24, 2.45) is 5.92 Å². The summed E-state index contributed by atoms with van der Waals surface area (Å²) in [7, 11) is 0. The van der Waals surface area contributed by atoms with Crippen LogP contribution in [0.15, 0.2) is 36.9 Å². The molecule has 2 aromatic rings. The largest absolute Gasteiger partial charge is 0.352 e. The zero-order valence-electron chi connectivity index (χ0n) is 13.0. The Hall–Kier alpha value is -2.70. The molecule has 1 atom stereocenters. The molecular formula is C16H19FN4O2. The van der Waals surface area contributed by atoms with Crippen LogP contribution >= 0.6 is 0 Å². The molecule has 0 spiro atoms. The fourth-order valence-electron chi connectivity index (χ4n) is 2.16. The van der Waals surface area contributed by atoms with E-state index in [4.69, 9.17) is 0 Å². The molecule has 0 fully saturated rings. The van der Waals surface area contributed by atoms with Crippen LogP contribution in [-0.2, 0) is 11.3 Å². The van der Waals surface area contributed by atoms with Crippen molar-refractivity contribution in [1.29, 1.82) is 0 Å². The van der Waals surface area contributed by atoms with E-state index in [2.05, 4.69) is 15.6 Å². The normalized spacial score (nSPS) is 11.8. The maximum absolute atomic E-state index is 13.8. The first kappa shape index (κ1) is 16.7. The number of anilines is 1. The van der Waals surface area contributed by atoms with Crippen molar-refractivity contribution in [1.82, 2.24) is 14.9 Å². The Morgan fingerprint density at radius 2 is 2.17 bits per heavy atom. The fourth-order valence-corrected chi connectivity index (χ4v) is 2.16. The zero-order valence-corrected chi connectivity index (χ0v) is 13.0. The van der Waals surface area contributed by atoms with Gasteiger partial charge in [0, 0.05) is 38.1 Å². The molecule has 2 amide bonds. The Bertz CT molecular complexity index is 685. The third kappa shape index (κ3) is 4.91. The summed E-state index contributed by atoms with van der Waals surface area (Å²) < 4.78 is 15.7. The first-order chi connectivity index (χ1) is 11.0. The van der Waals surface area contributed by atoms with Gasteiger partial charge in [0.25, 0.3) is 5.91 Å². The van der Waals surface area contributed by atoms with Gasteiger partial charge in [-0.15, -0.1) is 0 Å². The minimum atomic E-state index is -0.626. The summed E-state index contributed by atoms with van der Waals surface area (Å²) in [6.07, 6.45) is 5.23. The van der Waals surface area contributed by atoms with Gasteiger partial charge in [-0.2, -0.15) is 0 Å². The lowest BCUT2D eigenvalue weighted by molar-refractivity contribution is -0.114. The van der Waals surface area contributed by atoms with Gasteiger partial charge in [-0.1, -0.05) is 6.92 Å². The number of carbonyl (C=O) groups is 2. The number of carbonyl (C=O) groups excluding carboxylic acids is 2. The third-order valence-electron chi connectivity index (χ3n) is 3.22. The lowest BCUT2D eigenvalue weighted by atomic mass is 10.1. The van der Waals surface area contributed by atoms with Gasteiger partial charge in [-0.05, 0) is 24.1 Å². The van der Waals surface area contributed by atoms with E-state index in [1.807, 2.05) is 17.7 Å². The molecule has 0 saturated carbocycles. The number of nitrogens with one attached hydrogen (secondary N) is 2. The number of halogens is 1. The molecule has 6 nitrogen and oxygen atoms in total. The van der Waals surface area contributed by atoms with Gasteiger partial charge in [-0.3, -0.25) is 9.59 Å². The molecule has 2 N–H and O–H groups in total. The van der Waals surface area contributed by atoms with Gasteiger partial charge in [0.2, 0.25) is 5.91 Å². The second-order valence-corrected chi connectivity index (χ2v) is 5.45. The maximum atomic E-state index is 13.8. The van der Waals surface area contributed by atoms with Gasteiger partial charge in [0.1, 0.15) is 5.82 Å². The standard InChI is InChI=1S/C16H19FN4O2/c1-11(9-21-6-5-18-10-21)8-19-16(23)14-7-13(20-12(2)22)3-4-15(14)17/h3-7,10-11H,8-9H2,1-2H3,(H,19,23)(H,20,22). The first-order valence-corrected chi connectivity index (χ1v) is 7.27. The summed E-state index contributed by atoms with van der Waals surface area (Å²) in [6, 6.07) is 3.90. The molecule has 1 heterocycles. The Labute approximate surface area is 133 Å². The van der Waals surface area contributed by atoms with Crippen molar-refractivity contribution >= 4 is 17.5 Å². The monoisotopic (exact) mass is 318 g/mol. The molecule has 0 aliphatic rings. The number of aromatic nitrogens is 2. The van der Waals surface area contributed by atoms with E-state index in [1.165, 1.54) is 19.1 Å². The Morgan fingerprint density at radius 3 is 2.83 bits per heavy atom. The highest BCUT2D eigenvalue weighted by atomic mass is 19.1. The number of rotatable bonds is 6. The molecule has 1 unspecified atom stereocenters. The van der Waals surface area contributed by atoms with Crippen LogP contribution in [0.5, 0.6) is 0 Å². The van der Waals surface area contributed by atoms with E-state index in [0.29, 0.717) is 18.8 Å². The second-order valence-electron chi connectivity index (χ2n) is 5.45. The van der Waals surface area contributed by atoms with Crippen LogP contribution in [-0.4, -0.2) is 27.9 Å². The van der Waals surface area contributed by atoms with E-state index in [9.17, 15) is 14.0 Å². The van der Waals surface area contributed by atoms with E-state index in [1.54, 1.807) is 12.5 Å². The molecule has 7 heteroatoms. The number of nitrogens with zero attached hydrogens (tertiary/aromatic N) is 2. The van der Waals surface area contributed by atoms with Gasteiger partial charge < -0.3 is 15.2 Å². The van der Waals surface area contributed by atoms with Crippen molar-refractivity contribution in [3.05, 3.63) is 48.3 Å². The summed E-state index contributed by atoms with van der Waals surface area (Å²) in [5.74, 6) is -1.25. The molecule has 0 aliphatic carbocycles. The zero-order chi connectivity index (χ0) is 16.8. The van der Waals surface area contributed by atoms with Gasteiger partial charge >= 0.3 is 0 Å².